The van der Waals surface area contributed by atoms with Crippen LogP contribution in [0.4, 0.5) is 5.69 Å². The molecule has 1 aliphatic heterocycles. The molecule has 1 atom stereocenters. The molecule has 6 nitrogen and oxygen atoms in total. The highest BCUT2D eigenvalue weighted by Crippen LogP contribution is 2.30. The number of anilines is 1. The molecule has 148 valence electrons. The molecule has 0 radical (unpaired) electrons. The molecule has 1 aliphatic carbocycles. The number of hydrogen-bond donors (Lipinski definition) is 1. The van der Waals surface area contributed by atoms with Crippen molar-refractivity contribution < 1.29 is 17.9 Å². The lowest BCUT2D eigenvalue weighted by molar-refractivity contribution is -0.116. The molecule has 0 bridgehead atoms. The lowest BCUT2D eigenvalue weighted by Gasteiger charge is -2.21. The van der Waals surface area contributed by atoms with Gasteiger partial charge < -0.3 is 10.1 Å². The van der Waals surface area contributed by atoms with Crippen molar-refractivity contribution in [3.05, 3.63) is 30.4 Å². The van der Waals surface area contributed by atoms with Crippen molar-refractivity contribution in [3.63, 3.8) is 0 Å². The molecule has 1 aromatic rings. The maximum absolute atomic E-state index is 13.0. The second-order valence-corrected chi connectivity index (χ2v) is 9.14. The Morgan fingerprint density at radius 1 is 1.22 bits per heavy atom. The van der Waals surface area contributed by atoms with E-state index in [1.165, 1.54) is 13.2 Å². The molecule has 7 heteroatoms. The largest absolute Gasteiger partial charge is 0.495 e. The molecular weight excluding hydrogens is 364 g/mol. The van der Waals surface area contributed by atoms with E-state index in [1.807, 2.05) is 0 Å². The highest BCUT2D eigenvalue weighted by Gasteiger charge is 2.26. The lowest BCUT2D eigenvalue weighted by Crippen LogP contribution is -2.32. The molecule has 1 fully saturated rings. The summed E-state index contributed by atoms with van der Waals surface area (Å²) in [5, 5.41) is 2.84. The van der Waals surface area contributed by atoms with E-state index in [1.54, 1.807) is 16.4 Å². The van der Waals surface area contributed by atoms with Crippen LogP contribution < -0.4 is 10.1 Å². The Kier molecular flexibility index (Phi) is 6.55. The fraction of sp³-hybridized carbons (Fsp3) is 0.550. The average molecular weight is 393 g/mol. The number of amides is 1. The van der Waals surface area contributed by atoms with Gasteiger partial charge in [-0.2, -0.15) is 4.31 Å². The van der Waals surface area contributed by atoms with E-state index in [4.69, 9.17) is 4.74 Å². The molecule has 0 aromatic heterocycles. The summed E-state index contributed by atoms with van der Waals surface area (Å²) < 4.78 is 32.9. The van der Waals surface area contributed by atoms with Gasteiger partial charge in [0.1, 0.15) is 5.75 Å². The second kappa shape index (κ2) is 8.89. The minimum Gasteiger partial charge on any atom is -0.495 e. The number of benzene rings is 1. The highest BCUT2D eigenvalue weighted by molar-refractivity contribution is 7.89. The number of ether oxygens (including phenoxy) is 1. The fourth-order valence-electron chi connectivity index (χ4n) is 3.68. The topological polar surface area (TPSA) is 75.7 Å². The minimum atomic E-state index is -3.58. The normalized spacial score (nSPS) is 21.0. The lowest BCUT2D eigenvalue weighted by atomic mass is 10.1. The first kappa shape index (κ1) is 19.9. The molecule has 1 aromatic carbocycles. The average Bonchev–Trinajstić information content (AvgIpc) is 2.99. The summed E-state index contributed by atoms with van der Waals surface area (Å²) in [6.07, 6.45) is 10.4. The standard InChI is InChI=1S/C20H28N2O4S/c1-26-19-11-10-17(27(24,25)22-12-6-2-3-7-13-22)15-18(19)21-20(23)14-16-8-4-5-9-16/h4,8,10-11,15-16H,2-3,5-7,9,12-14H2,1H3,(H,21,23)/t16-/m1/s1. The van der Waals surface area contributed by atoms with Gasteiger partial charge in [0.2, 0.25) is 15.9 Å². The maximum atomic E-state index is 13.0. The van der Waals surface area contributed by atoms with Crippen molar-refractivity contribution in [2.45, 2.75) is 49.8 Å². The molecule has 0 saturated carbocycles. The number of allylic oxidation sites excluding steroid dienone is 2. The molecule has 1 amide bonds. The van der Waals surface area contributed by atoms with Crippen LogP contribution in [0.25, 0.3) is 0 Å². The van der Waals surface area contributed by atoms with Gasteiger partial charge in [-0.15, -0.1) is 0 Å². The number of carbonyl (C=O) groups excluding carboxylic acids is 1. The van der Waals surface area contributed by atoms with Crippen molar-refractivity contribution in [2.75, 3.05) is 25.5 Å². The zero-order valence-corrected chi connectivity index (χ0v) is 16.6. The molecule has 0 unspecified atom stereocenters. The first-order valence-corrected chi connectivity index (χ1v) is 11.1. The van der Waals surface area contributed by atoms with Gasteiger partial charge >= 0.3 is 0 Å². The predicted octanol–water partition coefficient (Wildman–Crippen LogP) is 3.55. The van der Waals surface area contributed by atoms with E-state index in [0.29, 0.717) is 30.9 Å². The van der Waals surface area contributed by atoms with Crippen LogP contribution in [0.1, 0.15) is 44.9 Å². The van der Waals surface area contributed by atoms with Crippen molar-refractivity contribution in [3.8, 4) is 5.75 Å². The summed E-state index contributed by atoms with van der Waals surface area (Å²) in [4.78, 5) is 12.6. The van der Waals surface area contributed by atoms with E-state index < -0.39 is 10.0 Å². The minimum absolute atomic E-state index is 0.130. The Hall–Kier alpha value is -1.86. The number of carbonyl (C=O) groups is 1. The van der Waals surface area contributed by atoms with Crippen LogP contribution in [-0.4, -0.2) is 38.8 Å². The Bertz CT molecular complexity index is 796. The number of nitrogens with one attached hydrogen (secondary N) is 1. The number of sulfonamides is 1. The van der Waals surface area contributed by atoms with Crippen LogP contribution in [-0.2, 0) is 14.8 Å². The molecule has 3 rings (SSSR count). The van der Waals surface area contributed by atoms with E-state index in [2.05, 4.69) is 17.5 Å². The monoisotopic (exact) mass is 392 g/mol. The number of rotatable bonds is 6. The summed E-state index contributed by atoms with van der Waals surface area (Å²) in [6, 6.07) is 4.67. The first-order valence-electron chi connectivity index (χ1n) is 9.65. The van der Waals surface area contributed by atoms with E-state index >= 15 is 0 Å². The third kappa shape index (κ3) is 4.90. The Balaban J connectivity index is 1.79. The van der Waals surface area contributed by atoms with Gasteiger partial charge in [-0.25, -0.2) is 8.42 Å². The summed E-state index contributed by atoms with van der Waals surface area (Å²) in [7, 11) is -2.07. The van der Waals surface area contributed by atoms with Crippen molar-refractivity contribution in [2.24, 2.45) is 5.92 Å². The van der Waals surface area contributed by atoms with Crippen molar-refractivity contribution in [1.29, 1.82) is 0 Å². The zero-order chi connectivity index (χ0) is 19.3. The third-order valence-electron chi connectivity index (χ3n) is 5.21. The van der Waals surface area contributed by atoms with Crippen LogP contribution >= 0.6 is 0 Å². The summed E-state index contributed by atoms with van der Waals surface area (Å²) in [5.41, 5.74) is 0.403. The fourth-order valence-corrected chi connectivity index (χ4v) is 5.22. The van der Waals surface area contributed by atoms with Crippen LogP contribution in [0.15, 0.2) is 35.2 Å². The Morgan fingerprint density at radius 2 is 1.96 bits per heavy atom. The van der Waals surface area contributed by atoms with Gasteiger partial charge in [0.05, 0.1) is 17.7 Å². The first-order chi connectivity index (χ1) is 13.0. The molecular formula is C20H28N2O4S. The Morgan fingerprint density at radius 3 is 2.59 bits per heavy atom. The quantitative estimate of drug-likeness (QED) is 0.751. The van der Waals surface area contributed by atoms with Crippen LogP contribution in [0, 0.1) is 5.92 Å². The summed E-state index contributed by atoms with van der Waals surface area (Å²) in [5.74, 6) is 0.578. The number of hydrogen-bond acceptors (Lipinski definition) is 4. The summed E-state index contributed by atoms with van der Waals surface area (Å²) in [6.45, 7) is 1.09. The molecule has 2 aliphatic rings. The van der Waals surface area contributed by atoms with Gasteiger partial charge in [-0.3, -0.25) is 4.79 Å². The van der Waals surface area contributed by atoms with Crippen LogP contribution in [0.5, 0.6) is 5.75 Å². The zero-order valence-electron chi connectivity index (χ0n) is 15.8. The van der Waals surface area contributed by atoms with Crippen LogP contribution in [0.2, 0.25) is 0 Å². The van der Waals surface area contributed by atoms with Crippen molar-refractivity contribution in [1.82, 2.24) is 4.31 Å². The van der Waals surface area contributed by atoms with Gasteiger partial charge in [0.15, 0.2) is 0 Å². The SMILES string of the molecule is COc1ccc(S(=O)(=O)N2CCCCCC2)cc1NC(=O)C[C@@H]1C=CCC1. The van der Waals surface area contributed by atoms with Crippen LogP contribution in [0.3, 0.4) is 0 Å². The molecule has 1 N–H and O–H groups in total. The summed E-state index contributed by atoms with van der Waals surface area (Å²) >= 11 is 0. The van der Waals surface area contributed by atoms with E-state index in [0.717, 1.165) is 38.5 Å². The number of nitrogens with zero attached hydrogens (tertiary/aromatic N) is 1. The van der Waals surface area contributed by atoms with Gasteiger partial charge in [-0.05, 0) is 49.8 Å². The smallest absolute Gasteiger partial charge is 0.243 e. The van der Waals surface area contributed by atoms with Gasteiger partial charge in [0, 0.05) is 19.5 Å². The maximum Gasteiger partial charge on any atom is 0.243 e. The van der Waals surface area contributed by atoms with Gasteiger partial charge in [-0.1, -0.05) is 25.0 Å². The predicted molar refractivity (Wildman–Crippen MR) is 105 cm³/mol. The van der Waals surface area contributed by atoms with Crippen molar-refractivity contribution >= 4 is 21.6 Å². The van der Waals surface area contributed by atoms with E-state index in [9.17, 15) is 13.2 Å². The molecule has 1 heterocycles. The molecule has 27 heavy (non-hydrogen) atoms. The number of methoxy groups -OCH3 is 1. The van der Waals surface area contributed by atoms with E-state index in [-0.39, 0.29) is 16.7 Å². The van der Waals surface area contributed by atoms with Gasteiger partial charge in [0.25, 0.3) is 0 Å². The second-order valence-electron chi connectivity index (χ2n) is 7.20. The third-order valence-corrected chi connectivity index (χ3v) is 7.10. The Labute approximate surface area is 161 Å². The molecule has 0 spiro atoms. The molecule has 1 saturated heterocycles. The highest BCUT2D eigenvalue weighted by atomic mass is 32.2.